The molecule has 2 heterocycles. The molecule has 0 spiro atoms. The highest BCUT2D eigenvalue weighted by molar-refractivity contribution is 5.89. The van der Waals surface area contributed by atoms with Crippen LogP contribution in [0.3, 0.4) is 0 Å². The number of nitrogens with zero attached hydrogens (tertiary/aromatic N) is 5. The zero-order valence-electron chi connectivity index (χ0n) is 22.8. The third-order valence-electron chi connectivity index (χ3n) is 7.07. The van der Waals surface area contributed by atoms with Gasteiger partial charge in [0.25, 0.3) is 0 Å². The number of rotatable bonds is 7. The molecule has 1 fully saturated rings. The van der Waals surface area contributed by atoms with E-state index in [1.165, 1.54) is 12.1 Å². The van der Waals surface area contributed by atoms with Gasteiger partial charge in [0.1, 0.15) is 11.6 Å². The van der Waals surface area contributed by atoms with Gasteiger partial charge in [0.2, 0.25) is 0 Å². The molecule has 0 radical (unpaired) electrons. The van der Waals surface area contributed by atoms with Crippen molar-refractivity contribution in [1.82, 2.24) is 19.6 Å². The van der Waals surface area contributed by atoms with Crippen LogP contribution < -0.4 is 10.2 Å². The van der Waals surface area contributed by atoms with Crippen LogP contribution in [-0.2, 0) is 6.54 Å². The highest BCUT2D eigenvalue weighted by Crippen LogP contribution is 2.31. The number of anilines is 2. The van der Waals surface area contributed by atoms with Crippen LogP contribution in [0.2, 0.25) is 0 Å². The molecule has 1 aliphatic rings. The van der Waals surface area contributed by atoms with E-state index in [0.717, 1.165) is 54.5 Å². The summed E-state index contributed by atoms with van der Waals surface area (Å²) in [5.41, 5.74) is 4.39. The monoisotopic (exact) mass is 506 g/mol. The molecule has 0 saturated carbocycles. The first-order chi connectivity index (χ1) is 17.6. The SMILES string of the molecule is Cc1ccc(NC(=O)N(Cc2c(C)nn(-c3cccc(F)c3)c2N2CCN(C(C)C)CC2)C(C)C)cc1. The highest BCUT2D eigenvalue weighted by Gasteiger charge is 2.29. The van der Waals surface area contributed by atoms with E-state index < -0.39 is 0 Å². The number of hydrogen-bond acceptors (Lipinski definition) is 4. The summed E-state index contributed by atoms with van der Waals surface area (Å²) in [6.45, 7) is 16.4. The summed E-state index contributed by atoms with van der Waals surface area (Å²) < 4.78 is 16.0. The quantitative estimate of drug-likeness (QED) is 0.453. The van der Waals surface area contributed by atoms with Crippen LogP contribution >= 0.6 is 0 Å². The number of urea groups is 1. The zero-order valence-corrected chi connectivity index (χ0v) is 22.8. The second-order valence-corrected chi connectivity index (χ2v) is 10.4. The Morgan fingerprint density at radius 3 is 2.30 bits per heavy atom. The van der Waals surface area contributed by atoms with Crippen LogP contribution in [0.1, 0.15) is 44.5 Å². The van der Waals surface area contributed by atoms with Crippen molar-refractivity contribution in [3.63, 3.8) is 0 Å². The largest absolute Gasteiger partial charge is 0.354 e. The van der Waals surface area contributed by atoms with Gasteiger partial charge in [-0.25, -0.2) is 13.9 Å². The molecular weight excluding hydrogens is 467 g/mol. The first kappa shape index (κ1) is 26.7. The number of amides is 2. The predicted molar refractivity (Wildman–Crippen MR) is 148 cm³/mol. The topological polar surface area (TPSA) is 56.6 Å². The molecule has 0 bridgehead atoms. The molecule has 0 aliphatic carbocycles. The molecule has 1 saturated heterocycles. The number of aryl methyl sites for hydroxylation is 2. The molecule has 2 amide bonds. The second-order valence-electron chi connectivity index (χ2n) is 10.4. The summed E-state index contributed by atoms with van der Waals surface area (Å²) in [5, 5.41) is 7.90. The van der Waals surface area contributed by atoms with Crippen molar-refractivity contribution in [1.29, 1.82) is 0 Å². The number of piperazine rings is 1. The molecule has 1 N–H and O–H groups in total. The van der Waals surface area contributed by atoms with E-state index in [1.807, 2.05) is 67.6 Å². The van der Waals surface area contributed by atoms with Gasteiger partial charge in [0.15, 0.2) is 0 Å². The molecular formula is C29H39FN6O. The van der Waals surface area contributed by atoms with Crippen molar-refractivity contribution in [3.05, 3.63) is 71.2 Å². The normalized spacial score (nSPS) is 14.5. The Kier molecular flexibility index (Phi) is 8.17. The van der Waals surface area contributed by atoms with Crippen molar-refractivity contribution in [3.8, 4) is 5.69 Å². The second kappa shape index (κ2) is 11.3. The summed E-state index contributed by atoms with van der Waals surface area (Å²) in [4.78, 5) is 20.0. The molecule has 1 aliphatic heterocycles. The maximum atomic E-state index is 14.2. The van der Waals surface area contributed by atoms with Gasteiger partial charge in [-0.1, -0.05) is 23.8 Å². The molecule has 4 rings (SSSR count). The van der Waals surface area contributed by atoms with E-state index in [0.29, 0.717) is 18.3 Å². The van der Waals surface area contributed by atoms with E-state index in [1.54, 1.807) is 6.07 Å². The lowest BCUT2D eigenvalue weighted by atomic mass is 10.1. The number of aromatic nitrogens is 2. The Bertz CT molecular complexity index is 1210. The Balaban J connectivity index is 1.69. The zero-order chi connectivity index (χ0) is 26.7. The van der Waals surface area contributed by atoms with Gasteiger partial charge in [0.05, 0.1) is 17.9 Å². The minimum atomic E-state index is -0.302. The average Bonchev–Trinajstić information content (AvgIpc) is 3.19. The van der Waals surface area contributed by atoms with Gasteiger partial charge in [-0.3, -0.25) is 4.90 Å². The van der Waals surface area contributed by atoms with Crippen LogP contribution in [0.5, 0.6) is 0 Å². The minimum absolute atomic E-state index is 0.0343. The first-order valence-electron chi connectivity index (χ1n) is 13.1. The number of benzene rings is 2. The van der Waals surface area contributed by atoms with E-state index in [2.05, 4.69) is 29.0 Å². The van der Waals surface area contributed by atoms with Crippen LogP contribution in [-0.4, -0.2) is 63.9 Å². The Morgan fingerprint density at radius 1 is 1.03 bits per heavy atom. The fraction of sp³-hybridized carbons (Fsp3) is 0.448. The fourth-order valence-corrected chi connectivity index (χ4v) is 4.79. The molecule has 2 aromatic carbocycles. The molecule has 198 valence electrons. The summed E-state index contributed by atoms with van der Waals surface area (Å²) in [5.74, 6) is 0.629. The lowest BCUT2D eigenvalue weighted by Crippen LogP contribution is -2.49. The van der Waals surface area contributed by atoms with Crippen molar-refractivity contribution in [2.75, 3.05) is 36.4 Å². The van der Waals surface area contributed by atoms with Crippen molar-refractivity contribution < 1.29 is 9.18 Å². The van der Waals surface area contributed by atoms with Gasteiger partial charge < -0.3 is 15.1 Å². The molecule has 0 atom stereocenters. The van der Waals surface area contributed by atoms with E-state index in [4.69, 9.17) is 5.10 Å². The number of hydrogen-bond donors (Lipinski definition) is 1. The van der Waals surface area contributed by atoms with Crippen molar-refractivity contribution in [2.24, 2.45) is 0 Å². The third-order valence-corrected chi connectivity index (χ3v) is 7.07. The highest BCUT2D eigenvalue weighted by atomic mass is 19.1. The fourth-order valence-electron chi connectivity index (χ4n) is 4.79. The van der Waals surface area contributed by atoms with Gasteiger partial charge in [0, 0.05) is 49.5 Å². The predicted octanol–water partition coefficient (Wildman–Crippen LogP) is 5.60. The first-order valence-corrected chi connectivity index (χ1v) is 13.1. The summed E-state index contributed by atoms with van der Waals surface area (Å²) in [7, 11) is 0. The maximum Gasteiger partial charge on any atom is 0.322 e. The van der Waals surface area contributed by atoms with Crippen LogP contribution in [0.25, 0.3) is 5.69 Å². The lowest BCUT2D eigenvalue weighted by Gasteiger charge is -2.39. The van der Waals surface area contributed by atoms with Crippen molar-refractivity contribution in [2.45, 2.75) is 60.2 Å². The van der Waals surface area contributed by atoms with Gasteiger partial charge >= 0.3 is 6.03 Å². The average molecular weight is 507 g/mol. The number of carbonyl (C=O) groups excluding carboxylic acids is 1. The number of carbonyl (C=O) groups is 1. The van der Waals surface area contributed by atoms with E-state index >= 15 is 0 Å². The van der Waals surface area contributed by atoms with Gasteiger partial charge in [-0.05, 0) is 71.9 Å². The summed E-state index contributed by atoms with van der Waals surface area (Å²) >= 11 is 0. The number of nitrogens with one attached hydrogen (secondary N) is 1. The molecule has 1 aromatic heterocycles. The van der Waals surface area contributed by atoms with E-state index in [9.17, 15) is 9.18 Å². The standard InChI is InChI=1S/C29H39FN6O/c1-20(2)33-14-16-34(17-15-33)28-27(23(6)32-36(28)26-9-7-8-24(30)18-26)19-35(21(3)4)29(37)31-25-12-10-22(5)11-13-25/h7-13,18,20-21H,14-17,19H2,1-6H3,(H,31,37). The number of halogens is 1. The molecule has 3 aromatic rings. The minimum Gasteiger partial charge on any atom is -0.354 e. The Hall–Kier alpha value is -3.39. The van der Waals surface area contributed by atoms with Gasteiger partial charge in [-0.15, -0.1) is 0 Å². The third kappa shape index (κ3) is 6.13. The summed E-state index contributed by atoms with van der Waals surface area (Å²) in [6, 6.07) is 14.6. The molecule has 7 nitrogen and oxygen atoms in total. The summed E-state index contributed by atoms with van der Waals surface area (Å²) in [6.07, 6.45) is 0. The van der Waals surface area contributed by atoms with Crippen molar-refractivity contribution >= 4 is 17.5 Å². The smallest absolute Gasteiger partial charge is 0.322 e. The maximum absolute atomic E-state index is 14.2. The Morgan fingerprint density at radius 2 is 1.70 bits per heavy atom. The molecule has 37 heavy (non-hydrogen) atoms. The molecule has 8 heteroatoms. The molecule has 0 unspecified atom stereocenters. The lowest BCUT2D eigenvalue weighted by molar-refractivity contribution is 0.193. The van der Waals surface area contributed by atoms with Crippen LogP contribution in [0.15, 0.2) is 48.5 Å². The van der Waals surface area contributed by atoms with E-state index in [-0.39, 0.29) is 17.9 Å². The van der Waals surface area contributed by atoms with Crippen LogP contribution in [0.4, 0.5) is 20.7 Å². The van der Waals surface area contributed by atoms with Gasteiger partial charge in [-0.2, -0.15) is 5.10 Å². The Labute approximate surface area is 219 Å². The van der Waals surface area contributed by atoms with Crippen LogP contribution in [0, 0.1) is 19.7 Å².